The van der Waals surface area contributed by atoms with Gasteiger partial charge in [0.1, 0.15) is 44.9 Å². The van der Waals surface area contributed by atoms with Gasteiger partial charge in [-0.1, -0.05) is 72.8 Å². The van der Waals surface area contributed by atoms with E-state index in [9.17, 15) is 0 Å². The van der Waals surface area contributed by atoms with E-state index < -0.39 is 0 Å². The van der Waals surface area contributed by atoms with Gasteiger partial charge in [0.25, 0.3) is 0 Å². The summed E-state index contributed by atoms with van der Waals surface area (Å²) in [4.78, 5) is 9.25. The normalized spacial score (nSPS) is 12.1. The zero-order valence-corrected chi connectivity index (χ0v) is 31.1. The van der Waals surface area contributed by atoms with Crippen LogP contribution >= 0.6 is 0 Å². The minimum absolute atomic E-state index is 0.500. The van der Waals surface area contributed by atoms with Gasteiger partial charge in [-0.2, -0.15) is 4.98 Å². The average Bonchev–Trinajstić information content (AvgIpc) is 4.10. The first-order valence-electron chi connectivity index (χ1n) is 19.4. The number of fused-ring (bicyclic) bond motifs is 11. The second kappa shape index (κ2) is 12.1. The Morgan fingerprint density at radius 2 is 0.729 bits per heavy atom. The van der Waals surface area contributed by atoms with E-state index >= 15 is 0 Å². The minimum Gasteiger partial charge on any atom is -0.456 e. The lowest BCUT2D eigenvalue weighted by atomic mass is 10.1. The van der Waals surface area contributed by atoms with Crippen molar-refractivity contribution in [3.8, 4) is 0 Å². The van der Waals surface area contributed by atoms with Gasteiger partial charge in [0.2, 0.25) is 17.5 Å². The highest BCUT2D eigenvalue weighted by Gasteiger charge is 2.24. The number of pyridine rings is 1. The van der Waals surface area contributed by atoms with Gasteiger partial charge < -0.3 is 22.1 Å². The van der Waals surface area contributed by atoms with E-state index in [0.29, 0.717) is 28.9 Å². The van der Waals surface area contributed by atoms with E-state index in [4.69, 9.17) is 27.1 Å². The summed E-state index contributed by atoms with van der Waals surface area (Å²) in [5.74, 6) is 1.92. The fourth-order valence-electron chi connectivity index (χ4n) is 8.54. The predicted molar refractivity (Wildman–Crippen MR) is 235 cm³/mol. The third-order valence-corrected chi connectivity index (χ3v) is 11.3. The third-order valence-electron chi connectivity index (χ3n) is 11.3. The first-order chi connectivity index (χ1) is 29.2. The molecule has 0 aliphatic rings. The molecule has 0 bridgehead atoms. The van der Waals surface area contributed by atoms with Gasteiger partial charge in [-0.3, -0.25) is 9.80 Å². The smallest absolute Gasteiger partial charge is 0.229 e. The maximum Gasteiger partial charge on any atom is 0.229 e. The Morgan fingerprint density at radius 1 is 0.305 bits per heavy atom. The van der Waals surface area contributed by atoms with Gasteiger partial charge in [0.05, 0.1) is 17.1 Å². The molecule has 0 N–H and O–H groups in total. The monoisotopic (exact) mass is 763 g/mol. The van der Waals surface area contributed by atoms with Gasteiger partial charge >= 0.3 is 0 Å². The van der Waals surface area contributed by atoms with Crippen LogP contribution in [-0.4, -0.2) is 4.98 Å². The molecule has 0 aliphatic carbocycles. The van der Waals surface area contributed by atoms with Crippen LogP contribution < -0.4 is 9.80 Å². The lowest BCUT2D eigenvalue weighted by Gasteiger charge is -2.22. The highest BCUT2D eigenvalue weighted by atomic mass is 16.4. The molecule has 278 valence electrons. The van der Waals surface area contributed by atoms with Crippen LogP contribution in [0.3, 0.4) is 0 Å². The van der Waals surface area contributed by atoms with Crippen LogP contribution in [0.25, 0.3) is 87.9 Å². The largest absolute Gasteiger partial charge is 0.456 e. The number of hydrogen-bond acceptors (Lipinski definition) is 8. The zero-order valence-electron chi connectivity index (χ0n) is 31.1. The highest BCUT2D eigenvalue weighted by Crippen LogP contribution is 2.44. The van der Waals surface area contributed by atoms with Crippen molar-refractivity contribution in [3.05, 3.63) is 176 Å². The van der Waals surface area contributed by atoms with Crippen molar-refractivity contribution in [3.63, 3.8) is 0 Å². The van der Waals surface area contributed by atoms with Crippen molar-refractivity contribution in [1.82, 2.24) is 4.98 Å². The molecule has 13 aromatic rings. The van der Waals surface area contributed by atoms with Crippen LogP contribution in [0.15, 0.2) is 198 Å². The molecular formula is C51H29N3O5. The van der Waals surface area contributed by atoms with Gasteiger partial charge in [0, 0.05) is 73.4 Å². The van der Waals surface area contributed by atoms with E-state index in [-0.39, 0.29) is 0 Å². The molecule has 13 rings (SSSR count). The molecule has 8 heteroatoms. The second-order valence-corrected chi connectivity index (χ2v) is 14.8. The maximum atomic E-state index is 6.65. The minimum atomic E-state index is 0.500. The lowest BCUT2D eigenvalue weighted by molar-refractivity contribution is 0.618. The summed E-state index contributed by atoms with van der Waals surface area (Å²) < 4.78 is 32.3. The highest BCUT2D eigenvalue weighted by molar-refractivity contribution is 6.09. The maximum absolute atomic E-state index is 6.65. The number of rotatable bonds is 6. The van der Waals surface area contributed by atoms with Gasteiger partial charge in [-0.25, -0.2) is 0 Å². The van der Waals surface area contributed by atoms with Crippen molar-refractivity contribution in [2.45, 2.75) is 0 Å². The first-order valence-corrected chi connectivity index (χ1v) is 19.4. The van der Waals surface area contributed by atoms with Crippen LogP contribution in [0.1, 0.15) is 0 Å². The van der Waals surface area contributed by atoms with Gasteiger partial charge in [-0.15, -0.1) is 0 Å². The SMILES string of the molecule is c1ccc2oc(N(c3ccc4c(c3)oc3ccccc34)c3ccc4c(c3)oc3nc(N(c5ccc6c(c5)oc5ccccc56)c5cc6ccccc6o5)ccc34)cc2c1. The Hall–Kier alpha value is -8.23. The van der Waals surface area contributed by atoms with Gasteiger partial charge in [0.15, 0.2) is 0 Å². The molecule has 0 saturated carbocycles. The molecule has 7 aromatic carbocycles. The molecule has 0 saturated heterocycles. The van der Waals surface area contributed by atoms with Crippen LogP contribution in [0.5, 0.6) is 0 Å². The first kappa shape index (κ1) is 31.9. The van der Waals surface area contributed by atoms with Crippen LogP contribution in [-0.2, 0) is 0 Å². The number of para-hydroxylation sites is 4. The number of hydrogen-bond donors (Lipinski definition) is 0. The summed E-state index contributed by atoms with van der Waals surface area (Å²) >= 11 is 0. The van der Waals surface area contributed by atoms with Crippen molar-refractivity contribution >= 4 is 123 Å². The molecule has 59 heavy (non-hydrogen) atoms. The summed E-state index contributed by atoms with van der Waals surface area (Å²) in [5.41, 5.74) is 8.59. The average molecular weight is 764 g/mol. The Labute approximate surface area is 334 Å². The molecule has 0 fully saturated rings. The molecule has 6 aromatic heterocycles. The Morgan fingerprint density at radius 3 is 1.29 bits per heavy atom. The summed E-state index contributed by atoms with van der Waals surface area (Å²) in [6.07, 6.45) is 0. The third kappa shape index (κ3) is 4.93. The van der Waals surface area contributed by atoms with Crippen molar-refractivity contribution in [1.29, 1.82) is 0 Å². The van der Waals surface area contributed by atoms with Crippen LogP contribution in [0, 0.1) is 0 Å². The number of benzene rings is 7. The molecule has 0 radical (unpaired) electrons. The summed E-state index contributed by atoms with van der Waals surface area (Å²) in [5, 5.41) is 8.08. The quantitative estimate of drug-likeness (QED) is 0.165. The molecule has 8 nitrogen and oxygen atoms in total. The lowest BCUT2D eigenvalue weighted by Crippen LogP contribution is -2.10. The Kier molecular flexibility index (Phi) is 6.56. The molecular weight excluding hydrogens is 735 g/mol. The number of nitrogens with zero attached hydrogens (tertiary/aromatic N) is 3. The van der Waals surface area contributed by atoms with E-state index in [1.807, 2.05) is 108 Å². The van der Waals surface area contributed by atoms with E-state index in [1.54, 1.807) is 0 Å². The Balaban J connectivity index is 0.959. The molecule has 0 aliphatic heterocycles. The van der Waals surface area contributed by atoms with Crippen LogP contribution in [0.2, 0.25) is 0 Å². The number of aromatic nitrogens is 1. The molecule has 6 heterocycles. The summed E-state index contributed by atoms with van der Waals surface area (Å²) in [7, 11) is 0. The molecule has 0 atom stereocenters. The van der Waals surface area contributed by atoms with Crippen LogP contribution in [0.4, 0.5) is 34.6 Å². The Bertz CT molecular complexity index is 3480. The zero-order chi connectivity index (χ0) is 38.6. The van der Waals surface area contributed by atoms with E-state index in [2.05, 4.69) is 77.7 Å². The number of anilines is 6. The van der Waals surface area contributed by atoms with Crippen molar-refractivity contribution < 1.29 is 22.1 Å². The summed E-state index contributed by atoms with van der Waals surface area (Å²) in [6, 6.07) is 59.0. The fraction of sp³-hybridized carbons (Fsp3) is 0. The molecule has 0 amide bonds. The van der Waals surface area contributed by atoms with E-state index in [0.717, 1.165) is 93.7 Å². The fourth-order valence-corrected chi connectivity index (χ4v) is 8.54. The predicted octanol–water partition coefficient (Wildman–Crippen LogP) is 15.2. The number of furan rings is 5. The standard InChI is InChI=1S/C51H29N3O5/c1-5-13-41-30(9-1)25-49(57-41)53(32-17-20-37-35-11-3-7-15-43(35)55-45(37)27-32)33-18-22-39-40-23-24-48(52-51(40)59-47(39)28-33)54(50-26-31-10-2-6-14-42(31)58-50)34-19-21-38-36-12-4-8-16-44(36)56-46(38)29-34/h1-29H. The molecule has 0 unspecified atom stereocenters. The van der Waals surface area contributed by atoms with Gasteiger partial charge in [-0.05, 0) is 72.8 Å². The topological polar surface area (TPSA) is 85.1 Å². The van der Waals surface area contributed by atoms with Crippen molar-refractivity contribution in [2.24, 2.45) is 0 Å². The summed E-state index contributed by atoms with van der Waals surface area (Å²) in [6.45, 7) is 0. The van der Waals surface area contributed by atoms with E-state index in [1.165, 1.54) is 0 Å². The second-order valence-electron chi connectivity index (χ2n) is 14.8. The van der Waals surface area contributed by atoms with Crippen molar-refractivity contribution in [2.75, 3.05) is 9.80 Å². The molecule has 0 spiro atoms.